The molecule has 1 heterocycles. The highest BCUT2D eigenvalue weighted by Gasteiger charge is 2.34. The molecule has 0 aliphatic carbocycles. The van der Waals surface area contributed by atoms with Crippen molar-refractivity contribution in [1.29, 1.82) is 0 Å². The van der Waals surface area contributed by atoms with Crippen molar-refractivity contribution in [2.24, 2.45) is 0 Å². The fourth-order valence-corrected chi connectivity index (χ4v) is 4.55. The number of benzene rings is 2. The third kappa shape index (κ3) is 4.41. The highest BCUT2D eigenvalue weighted by atomic mass is 79.9. The van der Waals surface area contributed by atoms with Crippen LogP contribution in [0.5, 0.6) is 0 Å². The smallest absolute Gasteiger partial charge is 0.252 e. The molecule has 1 aliphatic rings. The van der Waals surface area contributed by atoms with E-state index in [-0.39, 0.29) is 10.7 Å². The number of ether oxygens (including phenoxy) is 1. The predicted molar refractivity (Wildman–Crippen MR) is 102 cm³/mol. The van der Waals surface area contributed by atoms with Gasteiger partial charge in [-0.15, -0.1) is 11.8 Å². The molecule has 0 atom stereocenters. The number of hydrogen-bond donors (Lipinski definition) is 1. The van der Waals surface area contributed by atoms with E-state index in [0.29, 0.717) is 12.1 Å². The summed E-state index contributed by atoms with van der Waals surface area (Å²) < 4.78 is 6.34. The van der Waals surface area contributed by atoms with Gasteiger partial charge >= 0.3 is 0 Å². The molecule has 5 heteroatoms. The second-order valence-electron chi connectivity index (χ2n) is 5.87. The zero-order chi connectivity index (χ0) is 16.8. The lowest BCUT2D eigenvalue weighted by Crippen LogP contribution is -2.44. The van der Waals surface area contributed by atoms with Gasteiger partial charge in [-0.2, -0.15) is 0 Å². The van der Waals surface area contributed by atoms with Crippen molar-refractivity contribution in [2.75, 3.05) is 19.8 Å². The normalized spacial score (nSPS) is 16.5. The van der Waals surface area contributed by atoms with Crippen molar-refractivity contribution in [3.8, 4) is 0 Å². The van der Waals surface area contributed by atoms with Crippen LogP contribution in [-0.2, 0) is 4.74 Å². The first kappa shape index (κ1) is 17.5. The monoisotopic (exact) mass is 405 g/mol. The molecular weight excluding hydrogens is 386 g/mol. The van der Waals surface area contributed by atoms with E-state index in [4.69, 9.17) is 4.74 Å². The number of halogens is 1. The summed E-state index contributed by atoms with van der Waals surface area (Å²) in [5.74, 6) is -0.0398. The minimum absolute atomic E-state index is 0.0173. The summed E-state index contributed by atoms with van der Waals surface area (Å²) in [5.41, 5.74) is 0.671. The van der Waals surface area contributed by atoms with Crippen LogP contribution in [0.15, 0.2) is 64.0 Å². The molecule has 1 aliphatic heterocycles. The molecule has 126 valence electrons. The summed E-state index contributed by atoms with van der Waals surface area (Å²) in [5, 5.41) is 3.13. The summed E-state index contributed by atoms with van der Waals surface area (Å²) in [6, 6.07) is 17.9. The standard InChI is InChI=1S/C19H20BrNO2S/c20-17-9-5-4-8-16(17)18(22)21-14-19(10-12-23-13-11-19)24-15-6-2-1-3-7-15/h1-9H,10-14H2,(H,21,22). The van der Waals surface area contributed by atoms with Crippen LogP contribution in [0.1, 0.15) is 23.2 Å². The van der Waals surface area contributed by atoms with E-state index < -0.39 is 0 Å². The van der Waals surface area contributed by atoms with Crippen molar-refractivity contribution in [2.45, 2.75) is 22.5 Å². The maximum absolute atomic E-state index is 12.5. The number of nitrogens with one attached hydrogen (secondary N) is 1. The van der Waals surface area contributed by atoms with Crippen LogP contribution in [0.2, 0.25) is 0 Å². The quantitative estimate of drug-likeness (QED) is 0.794. The Kier molecular flexibility index (Phi) is 5.98. The molecule has 2 aromatic rings. The Bertz CT molecular complexity index is 687. The van der Waals surface area contributed by atoms with Crippen molar-refractivity contribution >= 4 is 33.6 Å². The van der Waals surface area contributed by atoms with Gasteiger partial charge in [-0.05, 0) is 53.0 Å². The summed E-state index contributed by atoms with van der Waals surface area (Å²) in [4.78, 5) is 13.8. The van der Waals surface area contributed by atoms with Crippen LogP contribution in [0, 0.1) is 0 Å². The third-order valence-corrected chi connectivity index (χ3v) is 6.36. The molecule has 0 unspecified atom stereocenters. The molecule has 0 aromatic heterocycles. The van der Waals surface area contributed by atoms with Gasteiger partial charge in [-0.3, -0.25) is 4.79 Å². The molecular formula is C19H20BrNO2S. The molecule has 0 saturated carbocycles. The number of carbonyl (C=O) groups is 1. The average Bonchev–Trinajstić information content (AvgIpc) is 2.62. The van der Waals surface area contributed by atoms with Crippen molar-refractivity contribution in [3.63, 3.8) is 0 Å². The minimum Gasteiger partial charge on any atom is -0.381 e. The topological polar surface area (TPSA) is 38.3 Å². The highest BCUT2D eigenvalue weighted by Crippen LogP contribution is 2.40. The van der Waals surface area contributed by atoms with E-state index in [1.165, 1.54) is 4.90 Å². The van der Waals surface area contributed by atoms with Crippen LogP contribution in [0.25, 0.3) is 0 Å². The molecule has 0 spiro atoms. The zero-order valence-corrected chi connectivity index (χ0v) is 15.7. The van der Waals surface area contributed by atoms with Crippen LogP contribution in [0.4, 0.5) is 0 Å². The number of carbonyl (C=O) groups excluding carboxylic acids is 1. The highest BCUT2D eigenvalue weighted by molar-refractivity contribution is 9.10. The molecule has 24 heavy (non-hydrogen) atoms. The SMILES string of the molecule is O=C(NCC1(Sc2ccccc2)CCOCC1)c1ccccc1Br. The molecule has 2 aromatic carbocycles. The van der Waals surface area contributed by atoms with Gasteiger partial charge in [0.1, 0.15) is 0 Å². The first-order chi connectivity index (χ1) is 11.7. The van der Waals surface area contributed by atoms with Crippen LogP contribution in [-0.4, -0.2) is 30.4 Å². The number of amides is 1. The first-order valence-corrected chi connectivity index (χ1v) is 9.64. The van der Waals surface area contributed by atoms with Crippen molar-refractivity contribution < 1.29 is 9.53 Å². The van der Waals surface area contributed by atoms with Gasteiger partial charge in [-0.1, -0.05) is 30.3 Å². The maximum atomic E-state index is 12.5. The molecule has 3 rings (SSSR count). The van der Waals surface area contributed by atoms with E-state index in [9.17, 15) is 4.79 Å². The maximum Gasteiger partial charge on any atom is 0.252 e. The molecule has 1 fully saturated rings. The van der Waals surface area contributed by atoms with Crippen molar-refractivity contribution in [3.05, 3.63) is 64.6 Å². The third-order valence-electron chi connectivity index (χ3n) is 4.17. The number of rotatable bonds is 5. The van der Waals surface area contributed by atoms with Gasteiger partial charge in [0, 0.05) is 33.9 Å². The molecule has 0 radical (unpaired) electrons. The van der Waals surface area contributed by atoms with Gasteiger partial charge in [0.25, 0.3) is 5.91 Å². The Morgan fingerprint density at radius 3 is 2.46 bits per heavy atom. The van der Waals surface area contributed by atoms with E-state index >= 15 is 0 Å². The Labute approximate surface area is 155 Å². The lowest BCUT2D eigenvalue weighted by atomic mass is 9.99. The Hall–Kier alpha value is -1.30. The Balaban J connectivity index is 1.70. The van der Waals surface area contributed by atoms with Gasteiger partial charge < -0.3 is 10.1 Å². The fourth-order valence-electron chi connectivity index (χ4n) is 2.78. The fraction of sp³-hybridized carbons (Fsp3) is 0.316. The van der Waals surface area contributed by atoms with E-state index in [1.54, 1.807) is 0 Å². The van der Waals surface area contributed by atoms with E-state index in [2.05, 4.69) is 45.5 Å². The van der Waals surface area contributed by atoms with Gasteiger partial charge in [-0.25, -0.2) is 0 Å². The van der Waals surface area contributed by atoms with Gasteiger partial charge in [0.2, 0.25) is 0 Å². The Morgan fingerprint density at radius 2 is 1.75 bits per heavy atom. The lowest BCUT2D eigenvalue weighted by Gasteiger charge is -2.36. The molecule has 1 N–H and O–H groups in total. The second-order valence-corrected chi connectivity index (χ2v) is 8.27. The summed E-state index contributed by atoms with van der Waals surface area (Å²) >= 11 is 5.29. The van der Waals surface area contributed by atoms with Gasteiger partial charge in [0.05, 0.1) is 5.56 Å². The summed E-state index contributed by atoms with van der Waals surface area (Å²) in [7, 11) is 0. The van der Waals surface area contributed by atoms with Gasteiger partial charge in [0.15, 0.2) is 0 Å². The predicted octanol–water partition coefficient (Wildman–Crippen LogP) is 4.52. The Morgan fingerprint density at radius 1 is 1.08 bits per heavy atom. The summed E-state index contributed by atoms with van der Waals surface area (Å²) in [6.07, 6.45) is 1.87. The molecule has 3 nitrogen and oxygen atoms in total. The van der Waals surface area contributed by atoms with Crippen LogP contribution < -0.4 is 5.32 Å². The number of thioether (sulfide) groups is 1. The lowest BCUT2D eigenvalue weighted by molar-refractivity contribution is 0.0741. The van der Waals surface area contributed by atoms with Crippen LogP contribution >= 0.6 is 27.7 Å². The zero-order valence-electron chi connectivity index (χ0n) is 13.3. The molecule has 1 saturated heterocycles. The first-order valence-electron chi connectivity index (χ1n) is 8.03. The average molecular weight is 406 g/mol. The summed E-state index contributed by atoms with van der Waals surface area (Å²) in [6.45, 7) is 2.12. The molecule has 1 amide bonds. The largest absolute Gasteiger partial charge is 0.381 e. The second kappa shape index (κ2) is 8.19. The minimum atomic E-state index is -0.0398. The van der Waals surface area contributed by atoms with Crippen molar-refractivity contribution in [1.82, 2.24) is 5.32 Å². The molecule has 0 bridgehead atoms. The van der Waals surface area contributed by atoms with E-state index in [0.717, 1.165) is 30.5 Å². The van der Waals surface area contributed by atoms with Crippen LogP contribution in [0.3, 0.4) is 0 Å². The van der Waals surface area contributed by atoms with E-state index in [1.807, 2.05) is 42.1 Å². The number of hydrogen-bond acceptors (Lipinski definition) is 3.